The number of nitrogens with zero attached hydrogens (tertiary/aromatic N) is 5. The van der Waals surface area contributed by atoms with Crippen molar-refractivity contribution in [3.8, 4) is 16.9 Å². The number of pyridine rings is 2. The zero-order valence-corrected chi connectivity index (χ0v) is 28.5. The molecular weight excluding hydrogens is 623 g/mol. The van der Waals surface area contributed by atoms with Crippen molar-refractivity contribution in [2.45, 2.75) is 49.8 Å². The molecule has 0 unspecified atom stereocenters. The van der Waals surface area contributed by atoms with E-state index in [4.69, 9.17) is 9.72 Å². The Morgan fingerprint density at radius 2 is 1.60 bits per heavy atom. The lowest BCUT2D eigenvalue weighted by molar-refractivity contribution is 0.183. The van der Waals surface area contributed by atoms with Crippen LogP contribution in [0.4, 0.5) is 5.82 Å². The molecule has 2 saturated heterocycles. The summed E-state index contributed by atoms with van der Waals surface area (Å²) in [6, 6.07) is 21.0. The fourth-order valence-electron chi connectivity index (χ4n) is 7.07. The monoisotopic (exact) mass is 665 g/mol. The molecule has 2 aliphatic rings. The van der Waals surface area contributed by atoms with Crippen LogP contribution in [0.3, 0.4) is 0 Å². The summed E-state index contributed by atoms with van der Waals surface area (Å²) in [4.78, 5) is 23.0. The summed E-state index contributed by atoms with van der Waals surface area (Å²) in [6.45, 7) is 7.84. The highest BCUT2D eigenvalue weighted by atomic mass is 32.2. The third-order valence-electron chi connectivity index (χ3n) is 9.92. The fourth-order valence-corrected chi connectivity index (χ4v) is 8.42. The maximum absolute atomic E-state index is 13.6. The number of hydrogen-bond donors (Lipinski definition) is 0. The van der Waals surface area contributed by atoms with Gasteiger partial charge >= 0.3 is 0 Å². The molecule has 0 bridgehead atoms. The van der Waals surface area contributed by atoms with Crippen molar-refractivity contribution in [3.63, 3.8) is 0 Å². The Morgan fingerprint density at radius 1 is 0.875 bits per heavy atom. The molecule has 7 rings (SSSR count). The molecule has 0 radical (unpaired) electrons. The first kappa shape index (κ1) is 32.2. The molecule has 48 heavy (non-hydrogen) atoms. The van der Waals surface area contributed by atoms with Crippen LogP contribution in [0.2, 0.25) is 0 Å². The normalized spacial score (nSPS) is 16.4. The van der Waals surface area contributed by atoms with Crippen LogP contribution in [-0.2, 0) is 17.1 Å². The summed E-state index contributed by atoms with van der Waals surface area (Å²) in [5, 5.41) is 0.572. The first-order valence-electron chi connectivity index (χ1n) is 17.0. The molecule has 5 aromatic rings. The van der Waals surface area contributed by atoms with E-state index in [-0.39, 0.29) is 16.0 Å². The highest BCUT2D eigenvalue weighted by Crippen LogP contribution is 2.33. The van der Waals surface area contributed by atoms with E-state index in [1.807, 2.05) is 25.3 Å². The molecule has 250 valence electrons. The molecule has 0 atom stereocenters. The molecule has 0 saturated carbocycles. The fraction of sp³-hybridized carbons (Fsp3) is 0.368. The number of rotatable bonds is 9. The minimum Gasteiger partial charge on any atom is -0.492 e. The maximum atomic E-state index is 13.6. The van der Waals surface area contributed by atoms with Crippen LogP contribution in [0.1, 0.15) is 49.1 Å². The highest BCUT2D eigenvalue weighted by molar-refractivity contribution is 7.90. The molecule has 0 N–H and O–H groups in total. The maximum Gasteiger partial charge on any atom is 0.275 e. The lowest BCUT2D eigenvalue weighted by atomic mass is 9.89. The van der Waals surface area contributed by atoms with Gasteiger partial charge in [-0.15, -0.1) is 0 Å². The van der Waals surface area contributed by atoms with E-state index in [2.05, 4.69) is 34.1 Å². The average molecular weight is 666 g/mol. The smallest absolute Gasteiger partial charge is 0.275 e. The Kier molecular flexibility index (Phi) is 9.11. The summed E-state index contributed by atoms with van der Waals surface area (Å²) in [5.74, 6) is 2.36. The topological polar surface area (TPSA) is 89.7 Å². The molecule has 0 aliphatic carbocycles. The summed E-state index contributed by atoms with van der Waals surface area (Å²) >= 11 is 0. The van der Waals surface area contributed by atoms with Gasteiger partial charge in [-0.25, -0.2) is 17.4 Å². The van der Waals surface area contributed by atoms with Crippen LogP contribution in [0.25, 0.3) is 22.0 Å². The van der Waals surface area contributed by atoms with Gasteiger partial charge in [-0.1, -0.05) is 36.2 Å². The van der Waals surface area contributed by atoms with Crippen LogP contribution in [-0.4, -0.2) is 66.2 Å². The van der Waals surface area contributed by atoms with E-state index in [9.17, 15) is 13.2 Å². The minimum absolute atomic E-state index is 0.124. The van der Waals surface area contributed by atoms with Gasteiger partial charge in [0, 0.05) is 61.8 Å². The van der Waals surface area contributed by atoms with Gasteiger partial charge in [0.05, 0.1) is 4.90 Å². The van der Waals surface area contributed by atoms with Crippen molar-refractivity contribution < 1.29 is 13.2 Å². The largest absolute Gasteiger partial charge is 0.492 e. The van der Waals surface area contributed by atoms with E-state index in [1.54, 1.807) is 43.6 Å². The summed E-state index contributed by atoms with van der Waals surface area (Å²) in [6.07, 6.45) is 11.1. The van der Waals surface area contributed by atoms with Crippen molar-refractivity contribution in [1.29, 1.82) is 0 Å². The summed E-state index contributed by atoms with van der Waals surface area (Å²) in [5.41, 5.74) is 3.63. The zero-order valence-electron chi connectivity index (χ0n) is 27.7. The summed E-state index contributed by atoms with van der Waals surface area (Å²) in [7, 11) is -2.32. The van der Waals surface area contributed by atoms with E-state index < -0.39 is 10.0 Å². The second-order valence-corrected chi connectivity index (χ2v) is 15.0. The average Bonchev–Trinajstić information content (AvgIpc) is 3.58. The molecule has 5 heterocycles. The number of aromatic nitrogens is 3. The lowest BCUT2D eigenvalue weighted by Crippen LogP contribution is -2.33. The van der Waals surface area contributed by atoms with E-state index >= 15 is 0 Å². The molecule has 0 spiro atoms. The third kappa shape index (κ3) is 6.51. The molecule has 2 aromatic carbocycles. The Morgan fingerprint density at radius 3 is 2.29 bits per heavy atom. The standard InChI is InChI=1S/C38H43N5O4S/c1-28-6-13-33(14-7-28)48(45,46)43-23-18-34-35(27-40(2)38(44)37(34)43)31-10-15-36(39-26-31)42-21-16-30(17-22-42)29-8-11-32(12-9-29)47-25-24-41-19-4-3-5-20-41/h6-15,18,23,26-27,30H,3-5,16-17,19-22,24-25H2,1-2H3. The zero-order chi connectivity index (χ0) is 33.3. The third-order valence-corrected chi connectivity index (χ3v) is 11.6. The van der Waals surface area contributed by atoms with Crippen LogP contribution >= 0.6 is 0 Å². The number of ether oxygens (including phenoxy) is 1. The van der Waals surface area contributed by atoms with Gasteiger partial charge in [0.1, 0.15) is 23.7 Å². The second-order valence-electron chi connectivity index (χ2n) is 13.1. The number of anilines is 1. The predicted molar refractivity (Wildman–Crippen MR) is 191 cm³/mol. The Hall–Kier alpha value is -4.41. The first-order chi connectivity index (χ1) is 23.3. The van der Waals surface area contributed by atoms with Crippen molar-refractivity contribution in [1.82, 2.24) is 18.4 Å². The number of hydrogen-bond acceptors (Lipinski definition) is 7. The molecular formula is C38H43N5O4S. The van der Waals surface area contributed by atoms with Gasteiger partial charge in [0.25, 0.3) is 15.6 Å². The van der Waals surface area contributed by atoms with Crippen molar-refractivity contribution in [2.75, 3.05) is 44.2 Å². The van der Waals surface area contributed by atoms with Gasteiger partial charge in [0.15, 0.2) is 0 Å². The van der Waals surface area contributed by atoms with Gasteiger partial charge in [0.2, 0.25) is 0 Å². The van der Waals surface area contributed by atoms with E-state index in [0.29, 0.717) is 11.3 Å². The highest BCUT2D eigenvalue weighted by Gasteiger charge is 2.24. The number of fused-ring (bicyclic) bond motifs is 1. The number of likely N-dealkylation sites (tertiary alicyclic amines) is 1. The van der Waals surface area contributed by atoms with Crippen LogP contribution < -0.4 is 15.2 Å². The van der Waals surface area contributed by atoms with Crippen molar-refractivity contribution in [2.24, 2.45) is 7.05 Å². The van der Waals surface area contributed by atoms with Gasteiger partial charge in [-0.3, -0.25) is 9.69 Å². The van der Waals surface area contributed by atoms with Crippen molar-refractivity contribution >= 4 is 26.7 Å². The number of piperidine rings is 2. The minimum atomic E-state index is -3.96. The lowest BCUT2D eigenvalue weighted by Gasteiger charge is -2.33. The molecule has 9 nitrogen and oxygen atoms in total. The Bertz CT molecular complexity index is 2040. The van der Waals surface area contributed by atoms with Gasteiger partial charge < -0.3 is 14.2 Å². The molecule has 2 fully saturated rings. The van der Waals surface area contributed by atoms with Gasteiger partial charge in [-0.05, 0) is 99.6 Å². The van der Waals surface area contributed by atoms with E-state index in [1.165, 1.54) is 48.7 Å². The predicted octanol–water partition coefficient (Wildman–Crippen LogP) is 6.20. The van der Waals surface area contributed by atoms with Crippen LogP contribution in [0.15, 0.2) is 95.0 Å². The van der Waals surface area contributed by atoms with Gasteiger partial charge in [-0.2, -0.15) is 0 Å². The van der Waals surface area contributed by atoms with Crippen molar-refractivity contribution in [3.05, 3.63) is 107 Å². The van der Waals surface area contributed by atoms with Crippen LogP contribution in [0, 0.1) is 6.92 Å². The number of aryl methyl sites for hydroxylation is 2. The molecule has 10 heteroatoms. The van der Waals surface area contributed by atoms with Crippen LogP contribution in [0.5, 0.6) is 5.75 Å². The molecule has 2 aliphatic heterocycles. The Balaban J connectivity index is 1.01. The first-order valence-corrected chi connectivity index (χ1v) is 18.4. The molecule has 3 aromatic heterocycles. The SMILES string of the molecule is Cc1ccc(S(=O)(=O)n2ccc3c(-c4ccc(N5CCC(c6ccc(OCCN7CCCCC7)cc6)CC5)nc4)cn(C)c(=O)c32)cc1. The molecule has 0 amide bonds. The number of benzene rings is 2. The van der Waals surface area contributed by atoms with E-state index in [0.717, 1.165) is 71.3 Å². The Labute approximate surface area is 282 Å². The second kappa shape index (κ2) is 13.6. The summed E-state index contributed by atoms with van der Waals surface area (Å²) < 4.78 is 35.7. The quantitative estimate of drug-likeness (QED) is 0.185.